The largest absolute Gasteiger partial charge is 0.370 e. The lowest BCUT2D eigenvalue weighted by Gasteiger charge is -2.37. The van der Waals surface area contributed by atoms with E-state index in [-0.39, 0.29) is 35.3 Å². The monoisotopic (exact) mass is 410 g/mol. The zero-order valence-corrected chi connectivity index (χ0v) is 16.0. The summed E-state index contributed by atoms with van der Waals surface area (Å²) in [6.07, 6.45) is 3.14. The number of carbonyl (C=O) groups excluding carboxylic acids is 1. The molecule has 8 heteroatoms. The highest BCUT2D eigenvalue weighted by molar-refractivity contribution is 6.35. The Morgan fingerprint density at radius 1 is 1.28 bits per heavy atom. The van der Waals surface area contributed by atoms with Crippen LogP contribution >= 0.6 is 35.6 Å². The van der Waals surface area contributed by atoms with E-state index in [4.69, 9.17) is 33.7 Å². The van der Waals surface area contributed by atoms with Crippen LogP contribution in [0.2, 0.25) is 10.0 Å². The maximum Gasteiger partial charge on any atom is 0.225 e. The van der Waals surface area contributed by atoms with E-state index in [0.29, 0.717) is 30.3 Å². The second kappa shape index (κ2) is 8.87. The summed E-state index contributed by atoms with van der Waals surface area (Å²) < 4.78 is 19.5. The standard InChI is InChI=1S/C17H21Cl2FN2O2.ClH/c18-13-8-14(19)15(20)7-12(13)16-9-22(4-5-24-16)17(23)10-2-1-3-11(21)6-10;/h7-8,10-11,16H,1-6,9,21H2;1H. The first-order valence-corrected chi connectivity index (χ1v) is 9.01. The summed E-state index contributed by atoms with van der Waals surface area (Å²) in [5.74, 6) is -0.449. The van der Waals surface area contributed by atoms with Crippen LogP contribution in [-0.2, 0) is 9.53 Å². The molecule has 2 N–H and O–H groups in total. The molecule has 1 saturated heterocycles. The SMILES string of the molecule is Cl.NC1CCCC(C(=O)N2CCOC(c3cc(F)c(Cl)cc3Cl)C2)C1. The summed E-state index contributed by atoms with van der Waals surface area (Å²) in [5.41, 5.74) is 6.52. The van der Waals surface area contributed by atoms with Crippen molar-refractivity contribution in [2.45, 2.75) is 37.8 Å². The molecule has 1 aliphatic heterocycles. The minimum Gasteiger partial charge on any atom is -0.370 e. The molecule has 2 fully saturated rings. The molecule has 0 aromatic heterocycles. The zero-order chi connectivity index (χ0) is 17.3. The van der Waals surface area contributed by atoms with Gasteiger partial charge in [-0.25, -0.2) is 4.39 Å². The van der Waals surface area contributed by atoms with E-state index in [2.05, 4.69) is 0 Å². The minimum atomic E-state index is -0.540. The maximum absolute atomic E-state index is 13.8. The second-order valence-corrected chi connectivity index (χ2v) is 7.37. The third-order valence-electron chi connectivity index (χ3n) is 4.83. The Morgan fingerprint density at radius 3 is 2.76 bits per heavy atom. The number of nitrogens with two attached hydrogens (primary N) is 1. The van der Waals surface area contributed by atoms with Gasteiger partial charge in [-0.2, -0.15) is 0 Å². The normalized spacial score (nSPS) is 26.9. The highest BCUT2D eigenvalue weighted by atomic mass is 35.5. The highest BCUT2D eigenvalue weighted by Crippen LogP contribution is 2.33. The van der Waals surface area contributed by atoms with Crippen LogP contribution in [0.1, 0.15) is 37.4 Å². The Labute approximate surface area is 163 Å². The van der Waals surface area contributed by atoms with Gasteiger partial charge in [0.2, 0.25) is 5.91 Å². The van der Waals surface area contributed by atoms with Crippen molar-refractivity contribution < 1.29 is 13.9 Å². The highest BCUT2D eigenvalue weighted by Gasteiger charge is 2.33. The summed E-state index contributed by atoms with van der Waals surface area (Å²) in [4.78, 5) is 14.6. The van der Waals surface area contributed by atoms with E-state index >= 15 is 0 Å². The molecule has 3 atom stereocenters. The number of carbonyl (C=O) groups is 1. The first-order valence-electron chi connectivity index (χ1n) is 8.26. The first kappa shape index (κ1) is 20.7. The van der Waals surface area contributed by atoms with E-state index in [1.54, 1.807) is 4.90 Å². The summed E-state index contributed by atoms with van der Waals surface area (Å²) in [7, 11) is 0. The molecule has 4 nitrogen and oxygen atoms in total. The van der Waals surface area contributed by atoms with Gasteiger partial charge >= 0.3 is 0 Å². The number of rotatable bonds is 2. The van der Waals surface area contributed by atoms with Crippen LogP contribution in [-0.4, -0.2) is 36.5 Å². The van der Waals surface area contributed by atoms with Gasteiger partial charge in [-0.05, 0) is 31.4 Å². The predicted molar refractivity (Wildman–Crippen MR) is 98.9 cm³/mol. The lowest BCUT2D eigenvalue weighted by atomic mass is 9.85. The van der Waals surface area contributed by atoms with Gasteiger partial charge in [0, 0.05) is 29.1 Å². The topological polar surface area (TPSA) is 55.6 Å². The van der Waals surface area contributed by atoms with Crippen LogP contribution in [0.25, 0.3) is 0 Å². The van der Waals surface area contributed by atoms with Crippen molar-refractivity contribution in [3.8, 4) is 0 Å². The predicted octanol–water partition coefficient (Wildman–Crippen LogP) is 3.97. The molecule has 0 bridgehead atoms. The Morgan fingerprint density at radius 2 is 2.04 bits per heavy atom. The van der Waals surface area contributed by atoms with Gasteiger partial charge in [0.15, 0.2) is 0 Å². The molecular formula is C17H22Cl3FN2O2. The molecule has 2 aliphatic rings. The molecule has 1 amide bonds. The van der Waals surface area contributed by atoms with Gasteiger partial charge in [-0.3, -0.25) is 4.79 Å². The van der Waals surface area contributed by atoms with Crippen molar-refractivity contribution in [3.05, 3.63) is 33.6 Å². The Bertz CT molecular complexity index is 632. The number of halogens is 4. The van der Waals surface area contributed by atoms with E-state index in [9.17, 15) is 9.18 Å². The fraction of sp³-hybridized carbons (Fsp3) is 0.588. The van der Waals surface area contributed by atoms with Gasteiger partial charge in [-0.15, -0.1) is 12.4 Å². The van der Waals surface area contributed by atoms with Crippen LogP contribution in [0.15, 0.2) is 12.1 Å². The molecule has 1 saturated carbocycles. The van der Waals surface area contributed by atoms with Crippen LogP contribution in [0.3, 0.4) is 0 Å². The van der Waals surface area contributed by atoms with Crippen molar-refractivity contribution >= 4 is 41.5 Å². The van der Waals surface area contributed by atoms with Crippen molar-refractivity contribution in [1.82, 2.24) is 4.90 Å². The maximum atomic E-state index is 13.8. The van der Waals surface area contributed by atoms with Gasteiger partial charge in [0.25, 0.3) is 0 Å². The van der Waals surface area contributed by atoms with Crippen LogP contribution in [0.4, 0.5) is 4.39 Å². The number of ether oxygens (including phenoxy) is 1. The fourth-order valence-corrected chi connectivity index (χ4v) is 4.04. The zero-order valence-electron chi connectivity index (χ0n) is 13.7. The van der Waals surface area contributed by atoms with Crippen molar-refractivity contribution in [1.29, 1.82) is 0 Å². The first-order chi connectivity index (χ1) is 11.5. The molecule has 1 aliphatic carbocycles. The summed E-state index contributed by atoms with van der Waals surface area (Å²) in [5, 5.41) is 0.323. The number of benzene rings is 1. The molecule has 1 aromatic rings. The Balaban J connectivity index is 0.00000225. The summed E-state index contributed by atoms with van der Waals surface area (Å²) >= 11 is 11.9. The van der Waals surface area contributed by atoms with Crippen LogP contribution in [0, 0.1) is 11.7 Å². The van der Waals surface area contributed by atoms with E-state index in [1.165, 1.54) is 12.1 Å². The second-order valence-electron chi connectivity index (χ2n) is 6.56. The van der Waals surface area contributed by atoms with E-state index in [1.807, 2.05) is 0 Å². The fourth-order valence-electron chi connectivity index (χ4n) is 3.53. The Hall–Kier alpha value is -0.590. The van der Waals surface area contributed by atoms with Gasteiger partial charge in [0.05, 0.1) is 18.2 Å². The van der Waals surface area contributed by atoms with Crippen LogP contribution < -0.4 is 5.73 Å². The molecule has 25 heavy (non-hydrogen) atoms. The summed E-state index contributed by atoms with van der Waals surface area (Å²) in [6.45, 7) is 1.30. The molecule has 3 unspecified atom stereocenters. The molecule has 140 valence electrons. The number of amides is 1. The quantitative estimate of drug-likeness (QED) is 0.749. The molecule has 0 spiro atoms. The molecule has 0 radical (unpaired) electrons. The molecular weight excluding hydrogens is 390 g/mol. The van der Waals surface area contributed by atoms with Crippen molar-refractivity contribution in [2.24, 2.45) is 11.7 Å². The van der Waals surface area contributed by atoms with Gasteiger partial charge in [0.1, 0.15) is 11.9 Å². The van der Waals surface area contributed by atoms with E-state index in [0.717, 1.165) is 25.7 Å². The van der Waals surface area contributed by atoms with Gasteiger partial charge < -0.3 is 15.4 Å². The number of hydrogen-bond donors (Lipinski definition) is 1. The molecule has 1 heterocycles. The molecule has 3 rings (SSSR count). The minimum absolute atomic E-state index is 0. The average molecular weight is 412 g/mol. The van der Waals surface area contributed by atoms with Gasteiger partial charge in [-0.1, -0.05) is 29.6 Å². The number of hydrogen-bond acceptors (Lipinski definition) is 3. The number of nitrogens with zero attached hydrogens (tertiary/aromatic N) is 1. The number of morpholine rings is 1. The van der Waals surface area contributed by atoms with Crippen LogP contribution in [0.5, 0.6) is 0 Å². The lowest BCUT2D eigenvalue weighted by Crippen LogP contribution is -2.46. The smallest absolute Gasteiger partial charge is 0.225 e. The summed E-state index contributed by atoms with van der Waals surface area (Å²) in [6, 6.07) is 2.77. The van der Waals surface area contributed by atoms with E-state index < -0.39 is 11.9 Å². The average Bonchev–Trinajstić information content (AvgIpc) is 2.57. The lowest BCUT2D eigenvalue weighted by molar-refractivity contribution is -0.144. The third-order valence-corrected chi connectivity index (χ3v) is 5.45. The van der Waals surface area contributed by atoms with Crippen molar-refractivity contribution in [2.75, 3.05) is 19.7 Å². The van der Waals surface area contributed by atoms with Crippen molar-refractivity contribution in [3.63, 3.8) is 0 Å². The molecule has 1 aromatic carbocycles. The third kappa shape index (κ3) is 4.77. The Kier molecular flexibility index (Phi) is 7.35.